The summed E-state index contributed by atoms with van der Waals surface area (Å²) in [6, 6.07) is 70.8. The van der Waals surface area contributed by atoms with Crippen LogP contribution in [0.2, 0.25) is 0 Å². The maximum Gasteiger partial charge on any atom is 0.277 e. The van der Waals surface area contributed by atoms with Gasteiger partial charge in [0, 0.05) is 115 Å². The third kappa shape index (κ3) is 8.18. The van der Waals surface area contributed by atoms with Crippen LogP contribution in [0.25, 0.3) is 105 Å². The molecule has 0 saturated heterocycles. The minimum absolute atomic E-state index is 0.0294. The van der Waals surface area contributed by atoms with Crippen molar-refractivity contribution in [1.82, 2.24) is 0 Å². The molecule has 86 heavy (non-hydrogen) atoms. The maximum atomic E-state index is 2.74. The molecule has 0 spiro atoms. The van der Waals surface area contributed by atoms with Crippen molar-refractivity contribution in [3.8, 4) is 44.5 Å². The molecule has 0 saturated carbocycles. The second kappa shape index (κ2) is 19.5. The summed E-state index contributed by atoms with van der Waals surface area (Å²) >= 11 is 11.4. The van der Waals surface area contributed by atoms with Crippen LogP contribution in [0.15, 0.2) is 204 Å². The molecule has 9 heteroatoms. The van der Waals surface area contributed by atoms with E-state index >= 15 is 0 Å². The molecular formula is C77H59BN2S6. The summed E-state index contributed by atoms with van der Waals surface area (Å²) in [6.45, 7) is 18.9. The minimum Gasteiger partial charge on any atom is -0.310 e. The van der Waals surface area contributed by atoms with Crippen molar-refractivity contribution < 1.29 is 0 Å². The molecule has 2 aliphatic heterocycles. The van der Waals surface area contributed by atoms with Crippen molar-refractivity contribution in [1.29, 1.82) is 0 Å². The molecule has 416 valence electrons. The lowest BCUT2D eigenvalue weighted by Crippen LogP contribution is -2.59. The lowest BCUT2D eigenvalue weighted by atomic mass is 9.39. The lowest BCUT2D eigenvalue weighted by molar-refractivity contribution is 0.591. The van der Waals surface area contributed by atoms with E-state index in [4.69, 9.17) is 0 Å². The predicted octanol–water partition coefficient (Wildman–Crippen LogP) is 23.4. The lowest BCUT2D eigenvalue weighted by Gasteiger charge is -2.43. The molecule has 15 aromatic rings. The van der Waals surface area contributed by atoms with Gasteiger partial charge in [-0.15, -0.1) is 68.0 Å². The summed E-state index contributed by atoms with van der Waals surface area (Å²) < 4.78 is 10.6. The van der Waals surface area contributed by atoms with E-state index < -0.39 is 0 Å². The highest BCUT2D eigenvalue weighted by molar-refractivity contribution is 7.40. The molecule has 2 nitrogen and oxygen atoms in total. The Morgan fingerprint density at radius 2 is 0.698 bits per heavy atom. The van der Waals surface area contributed by atoms with Gasteiger partial charge >= 0.3 is 0 Å². The average Bonchev–Trinajstić information content (AvgIpc) is 1.80. The number of thiophene rings is 6. The van der Waals surface area contributed by atoms with Gasteiger partial charge in [-0.25, -0.2) is 0 Å². The number of fused-ring (bicyclic) bond motifs is 12. The van der Waals surface area contributed by atoms with Crippen LogP contribution in [0.1, 0.15) is 78.0 Å². The fourth-order valence-electron chi connectivity index (χ4n) is 13.7. The third-order valence-corrected chi connectivity index (χ3v) is 24.5. The molecule has 17 rings (SSSR count). The van der Waals surface area contributed by atoms with Crippen LogP contribution in [0.3, 0.4) is 0 Å². The van der Waals surface area contributed by atoms with Gasteiger partial charge in [-0.2, -0.15) is 0 Å². The Morgan fingerprint density at radius 1 is 0.360 bits per heavy atom. The standard InChI is InChI=1S/C77H59BN2S6/c1-43(2)44-35-63-71-64(36-44)80(52-33-47(61-41-83-67-23-15-11-19-55(61)67)30-48(34-52)62-42-84-68-24-16-12-20-56(62)68)73-58-38-50(77(6,7)8)26-28-70(58)86-75(73)78(71)74-72(57-37-49(76(3,4)5)25-27-69(57)85-74)79(63)51-31-45(59-39-81-65-21-13-9-17-53(59)65)29-46(32-51)60-40-82-66-22-14-10-18-54(60)66/h9-43H,1-8H3. The van der Waals surface area contributed by atoms with E-state index in [9.17, 15) is 0 Å². The monoisotopic (exact) mass is 1210 g/mol. The first-order chi connectivity index (χ1) is 41.7. The van der Waals surface area contributed by atoms with Gasteiger partial charge in [-0.1, -0.05) is 140 Å². The summed E-state index contributed by atoms with van der Waals surface area (Å²) in [5, 5.41) is 17.4. The maximum absolute atomic E-state index is 2.74. The summed E-state index contributed by atoms with van der Waals surface area (Å²) in [7, 11) is 0. The van der Waals surface area contributed by atoms with E-state index in [1.807, 2.05) is 68.0 Å². The molecule has 6 aromatic heterocycles. The van der Waals surface area contributed by atoms with Crippen molar-refractivity contribution in [2.45, 2.75) is 72.1 Å². The Bertz CT molecular complexity index is 4790. The smallest absolute Gasteiger partial charge is 0.277 e. The number of hydrogen-bond donors (Lipinski definition) is 0. The Labute approximate surface area is 526 Å². The molecule has 0 N–H and O–H groups in total. The molecule has 2 aliphatic rings. The van der Waals surface area contributed by atoms with Gasteiger partial charge in [0.2, 0.25) is 0 Å². The van der Waals surface area contributed by atoms with E-state index in [2.05, 4.69) is 269 Å². The number of rotatable bonds is 7. The first-order valence-corrected chi connectivity index (χ1v) is 34.9. The zero-order chi connectivity index (χ0) is 58.1. The highest BCUT2D eigenvalue weighted by Gasteiger charge is 2.48. The van der Waals surface area contributed by atoms with Gasteiger partial charge in [0.25, 0.3) is 6.71 Å². The molecule has 0 radical (unpaired) electrons. The molecule has 0 bridgehead atoms. The van der Waals surface area contributed by atoms with Gasteiger partial charge < -0.3 is 9.80 Å². The van der Waals surface area contributed by atoms with Gasteiger partial charge in [0.1, 0.15) is 0 Å². The highest BCUT2D eigenvalue weighted by atomic mass is 32.1. The third-order valence-electron chi connectivity index (χ3n) is 18.2. The van der Waals surface area contributed by atoms with E-state index in [0.29, 0.717) is 0 Å². The number of hydrogen-bond acceptors (Lipinski definition) is 8. The van der Waals surface area contributed by atoms with E-state index in [0.717, 1.165) is 0 Å². The fourth-order valence-corrected chi connectivity index (χ4v) is 20.2. The second-order valence-electron chi connectivity index (χ2n) is 25.9. The zero-order valence-electron chi connectivity index (χ0n) is 49.1. The molecule has 0 aliphatic carbocycles. The molecule has 0 fully saturated rings. The van der Waals surface area contributed by atoms with Crippen molar-refractivity contribution in [3.05, 3.63) is 220 Å². The molecule has 8 heterocycles. The Kier molecular flexibility index (Phi) is 11.9. The summed E-state index contributed by atoms with van der Waals surface area (Å²) in [6.07, 6.45) is 0. The fraction of sp³-hybridized carbons (Fsp3) is 0.143. The van der Waals surface area contributed by atoms with Crippen LogP contribution in [0.5, 0.6) is 0 Å². The van der Waals surface area contributed by atoms with Crippen LogP contribution in [-0.4, -0.2) is 6.71 Å². The average molecular weight is 1220 g/mol. The quantitative estimate of drug-likeness (QED) is 0.147. The summed E-state index contributed by atoms with van der Waals surface area (Å²) in [5.41, 5.74) is 22.7. The van der Waals surface area contributed by atoms with E-state index in [1.54, 1.807) is 0 Å². The van der Waals surface area contributed by atoms with Crippen LogP contribution < -0.4 is 24.8 Å². The highest BCUT2D eigenvalue weighted by Crippen LogP contribution is 2.55. The van der Waals surface area contributed by atoms with Gasteiger partial charge in [0.05, 0.1) is 11.4 Å². The second-order valence-corrected chi connectivity index (χ2v) is 31.7. The summed E-state index contributed by atoms with van der Waals surface area (Å²) in [5.74, 6) is 0.229. The molecular weight excluding hydrogens is 1160 g/mol. The number of anilines is 6. The van der Waals surface area contributed by atoms with Crippen LogP contribution in [0.4, 0.5) is 34.1 Å². The van der Waals surface area contributed by atoms with E-state index in [-0.39, 0.29) is 23.5 Å². The first kappa shape index (κ1) is 52.7. The van der Waals surface area contributed by atoms with Gasteiger partial charge in [-0.3, -0.25) is 0 Å². The van der Waals surface area contributed by atoms with Gasteiger partial charge in [0.15, 0.2) is 0 Å². The Hall–Kier alpha value is -7.60. The normalized spacial score (nSPS) is 13.4. The van der Waals surface area contributed by atoms with Crippen molar-refractivity contribution in [3.63, 3.8) is 0 Å². The Morgan fingerprint density at radius 3 is 1.02 bits per heavy atom. The summed E-state index contributed by atoms with van der Waals surface area (Å²) in [4.78, 5) is 5.48. The van der Waals surface area contributed by atoms with Crippen LogP contribution in [-0.2, 0) is 10.8 Å². The van der Waals surface area contributed by atoms with Crippen LogP contribution in [0, 0.1) is 0 Å². The van der Waals surface area contributed by atoms with Crippen molar-refractivity contribution >= 4 is 184 Å². The Balaban J connectivity index is 1.01. The molecule has 0 unspecified atom stereocenters. The van der Waals surface area contributed by atoms with Gasteiger partial charge in [-0.05, 0) is 180 Å². The molecule has 0 atom stereocenters. The SMILES string of the molecule is CC(C)c1cc2c3c(c1)N(c1cc(-c4csc5ccccc45)cc(-c4csc5ccccc45)c1)c1c(sc4ccc(C(C)(C)C)cc14)B3c1sc3ccc(C(C)(C)C)cc3c1N2c1cc(-c2csc3ccccc23)cc(-c2csc3ccccc23)c1. The number of benzene rings is 9. The zero-order valence-corrected chi connectivity index (χ0v) is 54.0. The predicted molar refractivity (Wildman–Crippen MR) is 386 cm³/mol. The largest absolute Gasteiger partial charge is 0.310 e. The van der Waals surface area contributed by atoms with E-state index in [1.165, 1.54) is 171 Å². The van der Waals surface area contributed by atoms with Crippen molar-refractivity contribution in [2.75, 3.05) is 9.80 Å². The topological polar surface area (TPSA) is 6.48 Å². The van der Waals surface area contributed by atoms with Crippen molar-refractivity contribution in [2.24, 2.45) is 0 Å². The minimum atomic E-state index is -0.0573. The van der Waals surface area contributed by atoms with Crippen LogP contribution >= 0.6 is 68.0 Å². The first-order valence-electron chi connectivity index (χ1n) is 29.8. The molecule has 0 amide bonds. The number of nitrogens with zero attached hydrogens (tertiary/aromatic N) is 2. The molecule has 9 aromatic carbocycles.